The van der Waals surface area contributed by atoms with E-state index < -0.39 is 4.92 Å². The van der Waals surface area contributed by atoms with Crippen LogP contribution < -0.4 is 10.2 Å². The molecule has 1 aromatic heterocycles. The molecule has 0 aliphatic carbocycles. The summed E-state index contributed by atoms with van der Waals surface area (Å²) in [6.07, 6.45) is 0. The molecule has 1 aliphatic rings. The molecule has 0 unspecified atom stereocenters. The third-order valence-corrected chi connectivity index (χ3v) is 6.14. The molecule has 8 nitrogen and oxygen atoms in total. The fraction of sp³-hybridized carbons (Fsp3) is 0.263. The Morgan fingerprint density at radius 3 is 2.69 bits per heavy atom. The topological polar surface area (TPSA) is 91.6 Å². The molecule has 1 N–H and O–H groups in total. The summed E-state index contributed by atoms with van der Waals surface area (Å²) < 4.78 is 0.802. The number of para-hydroxylation sites is 1. The van der Waals surface area contributed by atoms with Gasteiger partial charge in [-0.1, -0.05) is 35.1 Å². The molecule has 1 fully saturated rings. The van der Waals surface area contributed by atoms with Gasteiger partial charge in [0.2, 0.25) is 5.91 Å². The monoisotopic (exact) mass is 431 g/mol. The number of benzene rings is 2. The van der Waals surface area contributed by atoms with Crippen molar-refractivity contribution >= 4 is 55.6 Å². The van der Waals surface area contributed by atoms with Gasteiger partial charge in [0.25, 0.3) is 5.69 Å². The molecule has 2 aromatic carbocycles. The van der Waals surface area contributed by atoms with Gasteiger partial charge in [-0.3, -0.25) is 19.8 Å². The lowest BCUT2D eigenvalue weighted by Gasteiger charge is -2.34. The second-order valence-electron chi connectivity index (χ2n) is 6.70. The van der Waals surface area contributed by atoms with Crippen LogP contribution in [0.5, 0.6) is 0 Å². The summed E-state index contributed by atoms with van der Waals surface area (Å²) in [5.74, 6) is -0.0983. The van der Waals surface area contributed by atoms with Crippen molar-refractivity contribution in [2.75, 3.05) is 42.9 Å². The molecular weight excluding hydrogens is 414 g/mol. The molecule has 1 saturated heterocycles. The van der Waals surface area contributed by atoms with E-state index in [4.69, 9.17) is 11.6 Å². The lowest BCUT2D eigenvalue weighted by molar-refractivity contribution is -0.384. The number of carbonyl (C=O) groups excluding carboxylic acids is 1. The Kier molecular flexibility index (Phi) is 5.61. The number of rotatable bonds is 5. The number of piperazine rings is 1. The standard InChI is InChI=1S/C19H18ClN5O3S/c20-14-3-1-2-4-15(14)21-18(26)12-23-7-9-24(10-8-23)19-22-16-6-5-13(25(27)28)11-17(16)29-19/h1-6,11H,7-10,12H2,(H,21,26). The molecule has 0 bridgehead atoms. The molecule has 0 spiro atoms. The maximum atomic E-state index is 12.3. The molecule has 150 valence electrons. The Labute approximate surface area is 175 Å². The predicted octanol–water partition coefficient (Wildman–Crippen LogP) is 3.62. The first kappa shape index (κ1) is 19.6. The van der Waals surface area contributed by atoms with Crippen molar-refractivity contribution in [1.82, 2.24) is 9.88 Å². The van der Waals surface area contributed by atoms with Crippen LogP contribution in [0.25, 0.3) is 10.2 Å². The number of nitro groups is 1. The van der Waals surface area contributed by atoms with Crippen LogP contribution in [0.4, 0.5) is 16.5 Å². The normalized spacial score (nSPS) is 14.9. The molecule has 0 saturated carbocycles. The van der Waals surface area contributed by atoms with E-state index in [1.807, 2.05) is 12.1 Å². The van der Waals surface area contributed by atoms with Crippen LogP contribution in [0.3, 0.4) is 0 Å². The number of carbonyl (C=O) groups is 1. The molecule has 1 aliphatic heterocycles. The number of nitrogens with zero attached hydrogens (tertiary/aromatic N) is 4. The molecule has 29 heavy (non-hydrogen) atoms. The highest BCUT2D eigenvalue weighted by Crippen LogP contribution is 2.31. The van der Waals surface area contributed by atoms with Gasteiger partial charge in [0.05, 0.1) is 32.4 Å². The van der Waals surface area contributed by atoms with Gasteiger partial charge >= 0.3 is 0 Å². The third kappa shape index (κ3) is 4.47. The van der Waals surface area contributed by atoms with Gasteiger partial charge in [-0.2, -0.15) is 0 Å². The number of nitrogens with one attached hydrogen (secondary N) is 1. The average Bonchev–Trinajstić information content (AvgIpc) is 3.13. The summed E-state index contributed by atoms with van der Waals surface area (Å²) in [6, 6.07) is 11.9. The quantitative estimate of drug-likeness (QED) is 0.490. The lowest BCUT2D eigenvalue weighted by atomic mass is 10.3. The van der Waals surface area contributed by atoms with E-state index in [9.17, 15) is 14.9 Å². The number of aromatic nitrogens is 1. The van der Waals surface area contributed by atoms with E-state index >= 15 is 0 Å². The highest BCUT2D eigenvalue weighted by Gasteiger charge is 2.22. The molecule has 0 radical (unpaired) electrons. The number of amides is 1. The van der Waals surface area contributed by atoms with Gasteiger partial charge < -0.3 is 10.2 Å². The van der Waals surface area contributed by atoms with Crippen molar-refractivity contribution in [2.45, 2.75) is 0 Å². The van der Waals surface area contributed by atoms with Gasteiger partial charge in [0, 0.05) is 38.3 Å². The van der Waals surface area contributed by atoms with E-state index in [2.05, 4.69) is 20.1 Å². The molecule has 3 aromatic rings. The zero-order chi connectivity index (χ0) is 20.4. The summed E-state index contributed by atoms with van der Waals surface area (Å²) in [7, 11) is 0. The minimum atomic E-state index is -0.398. The zero-order valence-corrected chi connectivity index (χ0v) is 16.9. The van der Waals surface area contributed by atoms with Crippen molar-refractivity contribution in [2.24, 2.45) is 0 Å². The first-order valence-electron chi connectivity index (χ1n) is 9.06. The number of hydrogen-bond donors (Lipinski definition) is 1. The maximum Gasteiger partial charge on any atom is 0.270 e. The minimum absolute atomic E-state index is 0.0713. The molecule has 1 amide bonds. The van der Waals surface area contributed by atoms with Crippen molar-refractivity contribution in [3.8, 4) is 0 Å². The van der Waals surface area contributed by atoms with Gasteiger partial charge in [0.15, 0.2) is 5.13 Å². The number of nitro benzene ring substituents is 1. The second-order valence-corrected chi connectivity index (χ2v) is 8.11. The number of non-ortho nitro benzene ring substituents is 1. The Morgan fingerprint density at radius 2 is 1.97 bits per heavy atom. The van der Waals surface area contributed by atoms with Gasteiger partial charge in [-0.05, 0) is 18.2 Å². The third-order valence-electron chi connectivity index (χ3n) is 4.73. The fourth-order valence-electron chi connectivity index (χ4n) is 3.20. The highest BCUT2D eigenvalue weighted by atomic mass is 35.5. The summed E-state index contributed by atoms with van der Waals surface area (Å²) in [4.78, 5) is 31.7. The van der Waals surface area contributed by atoms with Crippen LogP contribution in [0.1, 0.15) is 0 Å². The Bertz CT molecular complexity index is 1060. The fourth-order valence-corrected chi connectivity index (χ4v) is 4.44. The van der Waals surface area contributed by atoms with Crippen molar-refractivity contribution < 1.29 is 9.72 Å². The summed E-state index contributed by atoms with van der Waals surface area (Å²) in [5.41, 5.74) is 1.44. The lowest BCUT2D eigenvalue weighted by Crippen LogP contribution is -2.48. The number of anilines is 2. The predicted molar refractivity (Wildman–Crippen MR) is 115 cm³/mol. The van der Waals surface area contributed by atoms with Crippen LogP contribution in [-0.4, -0.2) is 53.4 Å². The van der Waals surface area contributed by atoms with Crippen molar-refractivity contribution in [3.05, 3.63) is 57.6 Å². The van der Waals surface area contributed by atoms with E-state index in [-0.39, 0.29) is 11.6 Å². The maximum absolute atomic E-state index is 12.3. The van der Waals surface area contributed by atoms with E-state index in [0.29, 0.717) is 17.3 Å². The second kappa shape index (κ2) is 8.32. The van der Waals surface area contributed by atoms with Crippen molar-refractivity contribution in [1.29, 1.82) is 0 Å². The zero-order valence-electron chi connectivity index (χ0n) is 15.4. The Morgan fingerprint density at radius 1 is 1.21 bits per heavy atom. The van der Waals surface area contributed by atoms with Crippen LogP contribution in [0.15, 0.2) is 42.5 Å². The number of thiazole rings is 1. The first-order chi connectivity index (χ1) is 14.0. The van der Waals surface area contributed by atoms with Crippen LogP contribution in [-0.2, 0) is 4.79 Å². The smallest absolute Gasteiger partial charge is 0.270 e. The van der Waals surface area contributed by atoms with E-state index in [1.54, 1.807) is 24.3 Å². The number of hydrogen-bond acceptors (Lipinski definition) is 7. The highest BCUT2D eigenvalue weighted by molar-refractivity contribution is 7.22. The largest absolute Gasteiger partial charge is 0.345 e. The van der Waals surface area contributed by atoms with Crippen LogP contribution in [0.2, 0.25) is 5.02 Å². The van der Waals surface area contributed by atoms with Gasteiger partial charge in [-0.25, -0.2) is 4.98 Å². The van der Waals surface area contributed by atoms with Crippen molar-refractivity contribution in [3.63, 3.8) is 0 Å². The Balaban J connectivity index is 1.34. The summed E-state index contributed by atoms with van der Waals surface area (Å²) in [5, 5.41) is 15.1. The SMILES string of the molecule is O=C(CN1CCN(c2nc3ccc([N+](=O)[O-])cc3s2)CC1)Nc1ccccc1Cl. The average molecular weight is 432 g/mol. The number of fused-ring (bicyclic) bond motifs is 1. The van der Waals surface area contributed by atoms with Crippen LogP contribution >= 0.6 is 22.9 Å². The van der Waals surface area contributed by atoms with Gasteiger partial charge in [0.1, 0.15) is 0 Å². The van der Waals surface area contributed by atoms with E-state index in [1.165, 1.54) is 17.4 Å². The summed E-state index contributed by atoms with van der Waals surface area (Å²) >= 11 is 7.53. The molecule has 4 rings (SSSR count). The molecule has 0 atom stereocenters. The van der Waals surface area contributed by atoms with E-state index in [0.717, 1.165) is 41.5 Å². The molecule has 10 heteroatoms. The number of halogens is 1. The molecule has 2 heterocycles. The minimum Gasteiger partial charge on any atom is -0.345 e. The van der Waals surface area contributed by atoms with Crippen LogP contribution in [0, 0.1) is 10.1 Å². The molecular formula is C19H18ClN5O3S. The Hall–Kier alpha value is -2.75. The van der Waals surface area contributed by atoms with Gasteiger partial charge in [-0.15, -0.1) is 0 Å². The first-order valence-corrected chi connectivity index (χ1v) is 10.3. The summed E-state index contributed by atoms with van der Waals surface area (Å²) in [6.45, 7) is 3.23.